The second kappa shape index (κ2) is 10.3. The van der Waals surface area contributed by atoms with Crippen molar-refractivity contribution >= 4 is 29.2 Å². The lowest BCUT2D eigenvalue weighted by molar-refractivity contribution is -0.131. The van der Waals surface area contributed by atoms with Gasteiger partial charge in [0.2, 0.25) is 0 Å². The van der Waals surface area contributed by atoms with E-state index in [1.165, 1.54) is 30.5 Å². The molecular formula is C21H17F3N6O4. The molecule has 0 aliphatic carbocycles. The number of carbonyl (C=O) groups excluding carboxylic acids is 3. The molecule has 0 bridgehead atoms. The van der Waals surface area contributed by atoms with Gasteiger partial charge >= 0.3 is 6.09 Å². The van der Waals surface area contributed by atoms with E-state index in [-0.39, 0.29) is 17.1 Å². The van der Waals surface area contributed by atoms with E-state index in [0.29, 0.717) is 5.01 Å². The van der Waals surface area contributed by atoms with Crippen LogP contribution in [0, 0.1) is 17.1 Å². The van der Waals surface area contributed by atoms with E-state index >= 15 is 0 Å². The van der Waals surface area contributed by atoms with Crippen LogP contribution in [-0.2, 0) is 14.3 Å². The third-order valence-electron chi connectivity index (χ3n) is 4.52. The Morgan fingerprint density at radius 1 is 1.24 bits per heavy atom. The average molecular weight is 474 g/mol. The molecule has 2 amide bonds. The number of rotatable bonds is 6. The average Bonchev–Trinajstić information content (AvgIpc) is 2.82. The molecule has 1 saturated heterocycles. The number of methoxy groups -OCH3 is 1. The summed E-state index contributed by atoms with van der Waals surface area (Å²) < 4.78 is 43.7. The number of hydrogen-bond acceptors (Lipinski definition) is 9. The third-order valence-corrected chi connectivity index (χ3v) is 4.52. The number of carbonyl (C=O) groups is 3. The maximum atomic E-state index is 13.3. The van der Waals surface area contributed by atoms with Gasteiger partial charge in [-0.1, -0.05) is 0 Å². The highest BCUT2D eigenvalue weighted by Gasteiger charge is 2.42. The van der Waals surface area contributed by atoms with Crippen molar-refractivity contribution in [1.29, 1.82) is 5.26 Å². The fourth-order valence-electron chi connectivity index (χ4n) is 3.00. The molecule has 0 saturated carbocycles. The molecule has 2 N–H and O–H groups in total. The van der Waals surface area contributed by atoms with Crippen LogP contribution in [0.2, 0.25) is 0 Å². The Balaban J connectivity index is 2.05. The Morgan fingerprint density at radius 2 is 1.94 bits per heavy atom. The zero-order valence-electron chi connectivity index (χ0n) is 17.6. The number of pyridine rings is 1. The van der Waals surface area contributed by atoms with Gasteiger partial charge in [0.1, 0.15) is 35.5 Å². The lowest BCUT2D eigenvalue weighted by Gasteiger charge is -2.37. The predicted octanol–water partition coefficient (Wildman–Crippen LogP) is 2.17. The Morgan fingerprint density at radius 3 is 2.50 bits per heavy atom. The number of nitrogens with zero attached hydrogens (tertiary/aromatic N) is 4. The molecule has 2 heterocycles. The van der Waals surface area contributed by atoms with Crippen LogP contribution in [0.5, 0.6) is 0 Å². The van der Waals surface area contributed by atoms with Crippen LogP contribution in [0.25, 0.3) is 0 Å². The van der Waals surface area contributed by atoms with Gasteiger partial charge in [0.15, 0.2) is 5.78 Å². The molecule has 13 heteroatoms. The smallest absolute Gasteiger partial charge is 0.436 e. The molecule has 1 fully saturated rings. The monoisotopic (exact) mass is 474 g/mol. The summed E-state index contributed by atoms with van der Waals surface area (Å²) in [6, 6.07) is 9.20. The van der Waals surface area contributed by atoms with E-state index in [0.717, 1.165) is 24.3 Å². The first-order valence-corrected chi connectivity index (χ1v) is 9.63. The number of anilines is 2. The zero-order chi connectivity index (χ0) is 24.8. The molecule has 1 aliphatic rings. The van der Waals surface area contributed by atoms with Crippen LogP contribution < -0.4 is 15.6 Å². The van der Waals surface area contributed by atoms with Crippen molar-refractivity contribution in [2.45, 2.75) is 6.43 Å². The number of hydrazine groups is 1. The van der Waals surface area contributed by atoms with E-state index in [1.54, 1.807) is 0 Å². The number of aromatic nitrogens is 1. The summed E-state index contributed by atoms with van der Waals surface area (Å²) in [6.45, 7) is -1.48. The predicted molar refractivity (Wildman–Crippen MR) is 112 cm³/mol. The van der Waals surface area contributed by atoms with Crippen LogP contribution in [0.4, 0.5) is 29.3 Å². The minimum atomic E-state index is -2.84. The van der Waals surface area contributed by atoms with Gasteiger partial charge in [0, 0.05) is 5.69 Å². The van der Waals surface area contributed by atoms with Crippen LogP contribution in [0.3, 0.4) is 0 Å². The molecular weight excluding hydrogens is 457 g/mol. The first-order chi connectivity index (χ1) is 16.2. The summed E-state index contributed by atoms with van der Waals surface area (Å²) in [4.78, 5) is 42.6. The van der Waals surface area contributed by atoms with E-state index in [1.807, 2.05) is 6.07 Å². The van der Waals surface area contributed by atoms with Crippen LogP contribution in [-0.4, -0.2) is 54.4 Å². The lowest BCUT2D eigenvalue weighted by Crippen LogP contribution is -2.58. The standard InChI is InChI=1S/C21H17F3N6O4/c1-34-21(33)30-20(32)18(16(31)11-29(30)15-7-6-14(8-25)26-9-15)19(27-10-17(23)24)28-13-4-2-12(22)3-5-13/h2-7,9,17,27-28H,10-11H2,1H3. The van der Waals surface area contributed by atoms with E-state index in [4.69, 9.17) is 5.26 Å². The molecule has 0 unspecified atom stereocenters. The molecule has 34 heavy (non-hydrogen) atoms. The van der Waals surface area contributed by atoms with Crippen molar-refractivity contribution in [3.63, 3.8) is 0 Å². The summed E-state index contributed by atoms with van der Waals surface area (Å²) in [7, 11) is 1.01. The first kappa shape index (κ1) is 24.1. The highest BCUT2D eigenvalue weighted by atomic mass is 19.3. The molecule has 0 atom stereocenters. The third kappa shape index (κ3) is 5.23. The van der Waals surface area contributed by atoms with Crippen LogP contribution >= 0.6 is 0 Å². The molecule has 1 aliphatic heterocycles. The summed E-state index contributed by atoms with van der Waals surface area (Å²) in [6.07, 6.45) is -2.82. The molecule has 0 spiro atoms. The SMILES string of the molecule is COC(=O)N1C(=O)C(=C(NCC(F)F)Nc2ccc(F)cc2)C(=O)CN1c1ccc(C#N)nc1. The fraction of sp³-hybridized carbons (Fsp3) is 0.190. The van der Waals surface area contributed by atoms with Crippen LogP contribution in [0.15, 0.2) is 54.0 Å². The Bertz CT molecular complexity index is 1160. The summed E-state index contributed by atoms with van der Waals surface area (Å²) >= 11 is 0. The summed E-state index contributed by atoms with van der Waals surface area (Å²) in [5, 5.41) is 15.3. The second-order valence-electron chi connectivity index (χ2n) is 6.74. The largest absolute Gasteiger partial charge is 0.451 e. The fourth-order valence-corrected chi connectivity index (χ4v) is 3.00. The second-order valence-corrected chi connectivity index (χ2v) is 6.74. The van der Waals surface area contributed by atoms with Crippen molar-refractivity contribution in [3.05, 3.63) is 65.5 Å². The highest BCUT2D eigenvalue weighted by molar-refractivity contribution is 6.26. The van der Waals surface area contributed by atoms with Crippen molar-refractivity contribution < 1.29 is 32.3 Å². The van der Waals surface area contributed by atoms with Crippen molar-refractivity contribution in [1.82, 2.24) is 15.3 Å². The van der Waals surface area contributed by atoms with Gasteiger partial charge in [-0.05, 0) is 36.4 Å². The van der Waals surface area contributed by atoms with Gasteiger partial charge in [-0.15, -0.1) is 5.01 Å². The maximum absolute atomic E-state index is 13.3. The molecule has 10 nitrogen and oxygen atoms in total. The molecule has 2 aromatic rings. The summed E-state index contributed by atoms with van der Waals surface area (Å²) in [5.74, 6) is -2.94. The number of hydrogen-bond donors (Lipinski definition) is 2. The number of Topliss-reactive ketones (excluding diaryl/α,β-unsaturated/α-hetero) is 1. The maximum Gasteiger partial charge on any atom is 0.436 e. The quantitative estimate of drug-likeness (QED) is 0.478. The summed E-state index contributed by atoms with van der Waals surface area (Å²) in [5.41, 5.74) is -0.243. The van der Waals surface area contributed by atoms with Crippen molar-refractivity contribution in [2.75, 3.05) is 30.5 Å². The highest BCUT2D eigenvalue weighted by Crippen LogP contribution is 2.25. The Kier molecular flexibility index (Phi) is 7.32. The number of benzene rings is 1. The number of nitrogens with one attached hydrogen (secondary N) is 2. The van der Waals surface area contributed by atoms with Gasteiger partial charge in [-0.3, -0.25) is 14.6 Å². The number of ether oxygens (including phenoxy) is 1. The molecule has 1 aromatic carbocycles. The minimum absolute atomic E-state index is 0.0607. The zero-order valence-corrected chi connectivity index (χ0v) is 17.6. The van der Waals surface area contributed by atoms with Gasteiger partial charge in [-0.25, -0.2) is 22.9 Å². The Labute approximate surface area is 191 Å². The number of halogens is 3. The number of nitriles is 1. The minimum Gasteiger partial charge on any atom is -0.451 e. The van der Waals surface area contributed by atoms with E-state index < -0.39 is 54.5 Å². The van der Waals surface area contributed by atoms with Crippen molar-refractivity contribution in [3.8, 4) is 6.07 Å². The van der Waals surface area contributed by atoms with Crippen LogP contribution in [0.1, 0.15) is 5.69 Å². The lowest BCUT2D eigenvalue weighted by atomic mass is 10.1. The number of alkyl halides is 2. The van der Waals surface area contributed by atoms with Gasteiger partial charge in [-0.2, -0.15) is 5.26 Å². The van der Waals surface area contributed by atoms with Gasteiger partial charge in [0.05, 0.1) is 25.5 Å². The van der Waals surface area contributed by atoms with Crippen molar-refractivity contribution in [2.24, 2.45) is 0 Å². The first-order valence-electron chi connectivity index (χ1n) is 9.63. The topological polar surface area (TPSA) is 128 Å². The molecule has 0 radical (unpaired) electrons. The van der Waals surface area contributed by atoms with E-state index in [9.17, 15) is 27.6 Å². The number of imide groups is 1. The van der Waals surface area contributed by atoms with Gasteiger partial charge in [0.25, 0.3) is 12.3 Å². The molecule has 1 aromatic heterocycles. The molecule has 3 rings (SSSR count). The Hall–Kier alpha value is -4.60. The van der Waals surface area contributed by atoms with Gasteiger partial charge < -0.3 is 15.4 Å². The molecule has 176 valence electrons. The van der Waals surface area contributed by atoms with E-state index in [2.05, 4.69) is 20.4 Å². The normalized spacial score (nSPS) is 15.2. The number of amides is 2. The number of ketones is 1.